The minimum atomic E-state index is -1.09. The molecule has 3 aromatic carbocycles. The summed E-state index contributed by atoms with van der Waals surface area (Å²) in [5.74, 6) is -1.08. The summed E-state index contributed by atoms with van der Waals surface area (Å²) in [4.78, 5) is 22.9. The van der Waals surface area contributed by atoms with Gasteiger partial charge in [-0.25, -0.2) is 9.59 Å². The molecule has 4 aromatic rings. The Kier molecular flexibility index (Phi) is 9.14. The van der Waals surface area contributed by atoms with Crippen LogP contribution in [0.2, 0.25) is 0 Å². The molecular formula is C32H38O5. The number of rotatable bonds is 5. The van der Waals surface area contributed by atoms with E-state index in [1.165, 1.54) is 29.2 Å². The van der Waals surface area contributed by atoms with E-state index in [1.807, 2.05) is 19.9 Å². The van der Waals surface area contributed by atoms with Gasteiger partial charge in [-0.3, -0.25) is 0 Å². The minimum Gasteiger partial charge on any atom is -0.478 e. The number of fused-ring (bicyclic) bond motifs is 3. The second-order valence-corrected chi connectivity index (χ2v) is 9.66. The average Bonchev–Trinajstić information content (AvgIpc) is 3.23. The molecule has 5 heteroatoms. The summed E-state index contributed by atoms with van der Waals surface area (Å²) in [5, 5.41) is 20.2. The number of carbonyl (C=O) groups is 2. The zero-order valence-corrected chi connectivity index (χ0v) is 22.7. The lowest BCUT2D eigenvalue weighted by atomic mass is 9.78. The first-order valence-electron chi connectivity index (χ1n) is 13.2. The van der Waals surface area contributed by atoms with Crippen molar-refractivity contribution in [1.29, 1.82) is 0 Å². The van der Waals surface area contributed by atoms with Gasteiger partial charge < -0.3 is 14.6 Å². The van der Waals surface area contributed by atoms with Gasteiger partial charge in [0, 0.05) is 10.8 Å². The maximum absolute atomic E-state index is 11.5. The highest BCUT2D eigenvalue weighted by Gasteiger charge is 2.27. The van der Waals surface area contributed by atoms with Crippen LogP contribution in [-0.2, 0) is 0 Å². The zero-order valence-electron chi connectivity index (χ0n) is 22.7. The molecule has 1 aliphatic carbocycles. The average molecular weight is 503 g/mol. The van der Waals surface area contributed by atoms with Gasteiger partial charge in [-0.15, -0.1) is 0 Å². The van der Waals surface area contributed by atoms with E-state index in [9.17, 15) is 19.8 Å². The molecule has 0 radical (unpaired) electrons. The first-order valence-corrected chi connectivity index (χ1v) is 13.2. The van der Waals surface area contributed by atoms with Crippen molar-refractivity contribution in [2.45, 2.75) is 79.1 Å². The second-order valence-electron chi connectivity index (χ2n) is 9.66. The Hall–Kier alpha value is -3.60. The van der Waals surface area contributed by atoms with Crippen LogP contribution in [0.25, 0.3) is 21.9 Å². The molecule has 1 atom stereocenters. The fourth-order valence-corrected chi connectivity index (χ4v) is 4.85. The van der Waals surface area contributed by atoms with E-state index in [0.29, 0.717) is 17.2 Å². The summed E-state index contributed by atoms with van der Waals surface area (Å²) in [6.45, 7) is 12.9. The summed E-state index contributed by atoms with van der Waals surface area (Å²) in [5.41, 5.74) is 5.92. The standard InChI is InChI=1S/C18H14O5.C12H18.C2H6/c19-17(20)12-6-2-5-11-14-10(9-3-1-4-9)7-8-13(18(21)22)16(14)23-15(11)12;1-5-11(4)12-7-9(2)6-10(3)8-12;1-2/h2,5-9H,1,3-4H2,(H,19,20)(H,21,22);6-8,11H,5H2,1-4H3;1-2H3. The lowest BCUT2D eigenvalue weighted by Crippen LogP contribution is -2.09. The van der Waals surface area contributed by atoms with Gasteiger partial charge in [-0.05, 0) is 68.2 Å². The number of para-hydroxylation sites is 1. The summed E-state index contributed by atoms with van der Waals surface area (Å²) in [6.07, 6.45) is 4.51. The Morgan fingerprint density at radius 1 is 0.919 bits per heavy atom. The van der Waals surface area contributed by atoms with Crippen LogP contribution < -0.4 is 0 Å². The van der Waals surface area contributed by atoms with E-state index in [2.05, 4.69) is 45.9 Å². The highest BCUT2D eigenvalue weighted by Crippen LogP contribution is 2.44. The molecular weight excluding hydrogens is 464 g/mol. The van der Waals surface area contributed by atoms with E-state index < -0.39 is 11.9 Å². The first-order chi connectivity index (χ1) is 17.7. The van der Waals surface area contributed by atoms with Gasteiger partial charge in [-0.2, -0.15) is 0 Å². The molecule has 0 amide bonds. The van der Waals surface area contributed by atoms with E-state index in [4.69, 9.17) is 4.42 Å². The van der Waals surface area contributed by atoms with E-state index in [-0.39, 0.29) is 22.3 Å². The van der Waals surface area contributed by atoms with Crippen LogP contribution in [0.5, 0.6) is 0 Å². The zero-order chi connectivity index (χ0) is 27.3. The normalized spacial score (nSPS) is 13.7. The number of aryl methyl sites for hydroxylation is 2. The fourth-order valence-electron chi connectivity index (χ4n) is 4.85. The molecule has 37 heavy (non-hydrogen) atoms. The molecule has 5 rings (SSSR count). The monoisotopic (exact) mass is 502 g/mol. The Morgan fingerprint density at radius 3 is 2.03 bits per heavy atom. The molecule has 1 heterocycles. The van der Waals surface area contributed by atoms with Crippen LogP contribution in [0, 0.1) is 13.8 Å². The predicted octanol–water partition coefficient (Wildman–Crippen LogP) is 9.09. The van der Waals surface area contributed by atoms with Crippen molar-refractivity contribution < 1.29 is 24.2 Å². The number of aromatic carboxylic acids is 2. The van der Waals surface area contributed by atoms with Crippen molar-refractivity contribution in [3.05, 3.63) is 81.9 Å². The maximum atomic E-state index is 11.5. The van der Waals surface area contributed by atoms with Gasteiger partial charge in [-0.1, -0.05) is 81.6 Å². The summed E-state index contributed by atoms with van der Waals surface area (Å²) >= 11 is 0. The lowest BCUT2D eigenvalue weighted by molar-refractivity contribution is 0.0688. The third-order valence-electron chi connectivity index (χ3n) is 7.11. The van der Waals surface area contributed by atoms with Crippen molar-refractivity contribution >= 4 is 33.9 Å². The minimum absolute atomic E-state index is 0.0506. The van der Waals surface area contributed by atoms with E-state index >= 15 is 0 Å². The topological polar surface area (TPSA) is 87.7 Å². The lowest BCUT2D eigenvalue weighted by Gasteiger charge is -2.26. The number of hydrogen-bond donors (Lipinski definition) is 2. The van der Waals surface area contributed by atoms with Gasteiger partial charge in [0.05, 0.1) is 0 Å². The van der Waals surface area contributed by atoms with Crippen LogP contribution in [-0.4, -0.2) is 22.2 Å². The van der Waals surface area contributed by atoms with Crippen molar-refractivity contribution in [3.8, 4) is 0 Å². The van der Waals surface area contributed by atoms with Gasteiger partial charge in [0.25, 0.3) is 0 Å². The summed E-state index contributed by atoms with van der Waals surface area (Å²) < 4.78 is 5.74. The first kappa shape index (κ1) is 28.0. The maximum Gasteiger partial charge on any atom is 0.339 e. The Balaban J connectivity index is 0.000000231. The molecule has 1 fully saturated rings. The highest BCUT2D eigenvalue weighted by atomic mass is 16.4. The summed E-state index contributed by atoms with van der Waals surface area (Å²) in [6, 6.07) is 15.1. The van der Waals surface area contributed by atoms with E-state index in [0.717, 1.165) is 30.2 Å². The number of carboxylic acids is 2. The van der Waals surface area contributed by atoms with Crippen LogP contribution in [0.15, 0.2) is 52.9 Å². The quantitative estimate of drug-likeness (QED) is 0.284. The molecule has 0 bridgehead atoms. The number of hydrogen-bond acceptors (Lipinski definition) is 3. The highest BCUT2D eigenvalue weighted by molar-refractivity contribution is 6.16. The van der Waals surface area contributed by atoms with E-state index in [1.54, 1.807) is 18.2 Å². The molecule has 2 N–H and O–H groups in total. The number of furan rings is 1. The van der Waals surface area contributed by atoms with Crippen LogP contribution in [0.4, 0.5) is 0 Å². The molecule has 1 saturated carbocycles. The van der Waals surface area contributed by atoms with Crippen molar-refractivity contribution in [3.63, 3.8) is 0 Å². The number of benzene rings is 3. The molecule has 1 aromatic heterocycles. The Labute approximate surface area is 219 Å². The van der Waals surface area contributed by atoms with Crippen molar-refractivity contribution in [2.75, 3.05) is 0 Å². The Morgan fingerprint density at radius 2 is 1.51 bits per heavy atom. The largest absolute Gasteiger partial charge is 0.478 e. The molecule has 0 saturated heterocycles. The summed E-state index contributed by atoms with van der Waals surface area (Å²) in [7, 11) is 0. The van der Waals surface area contributed by atoms with Gasteiger partial charge in [0.2, 0.25) is 0 Å². The third-order valence-corrected chi connectivity index (χ3v) is 7.11. The number of carboxylic acid groups (broad SMARTS) is 2. The van der Waals surface area contributed by atoms with Crippen molar-refractivity contribution in [2.24, 2.45) is 0 Å². The SMILES string of the molecule is CC.CCC(C)c1cc(C)cc(C)c1.O=C(O)c1cccc2c1oc1c(C(=O)O)ccc(C3CCC3)c12. The Bertz CT molecular complexity index is 1390. The fraction of sp³-hybridized carbons (Fsp3) is 0.375. The molecule has 196 valence electrons. The van der Waals surface area contributed by atoms with Crippen LogP contribution >= 0.6 is 0 Å². The van der Waals surface area contributed by atoms with Crippen LogP contribution in [0.3, 0.4) is 0 Å². The molecule has 1 unspecified atom stereocenters. The van der Waals surface area contributed by atoms with Crippen LogP contribution in [0.1, 0.15) is 108 Å². The smallest absolute Gasteiger partial charge is 0.339 e. The second kappa shape index (κ2) is 12.1. The predicted molar refractivity (Wildman–Crippen MR) is 150 cm³/mol. The van der Waals surface area contributed by atoms with Gasteiger partial charge >= 0.3 is 11.9 Å². The molecule has 5 nitrogen and oxygen atoms in total. The van der Waals surface area contributed by atoms with Gasteiger partial charge in [0.15, 0.2) is 0 Å². The van der Waals surface area contributed by atoms with Gasteiger partial charge in [0.1, 0.15) is 22.3 Å². The third kappa shape index (κ3) is 5.87. The molecule has 0 spiro atoms. The molecule has 0 aliphatic heterocycles. The van der Waals surface area contributed by atoms with Crippen molar-refractivity contribution in [1.82, 2.24) is 0 Å². The molecule has 1 aliphatic rings.